The Morgan fingerprint density at radius 1 is 1.53 bits per heavy atom. The van der Waals surface area contributed by atoms with Gasteiger partial charge in [-0.05, 0) is 48.7 Å². The third kappa shape index (κ3) is 3.05. The number of thiophene rings is 1. The summed E-state index contributed by atoms with van der Waals surface area (Å²) >= 11 is 4.80. The van der Waals surface area contributed by atoms with Gasteiger partial charge in [0, 0.05) is 23.5 Å². The van der Waals surface area contributed by atoms with E-state index in [0.717, 1.165) is 27.9 Å². The van der Waals surface area contributed by atoms with Crippen LogP contribution in [0.15, 0.2) is 14.7 Å². The fourth-order valence-corrected chi connectivity index (χ4v) is 6.73. The number of sulfonamides is 1. The molecule has 19 heavy (non-hydrogen) atoms. The highest BCUT2D eigenvalue weighted by molar-refractivity contribution is 9.11. The van der Waals surface area contributed by atoms with Gasteiger partial charge in [-0.25, -0.2) is 8.42 Å². The predicted molar refractivity (Wildman–Crippen MR) is 81.9 cm³/mol. The maximum absolute atomic E-state index is 12.8. The molecule has 2 unspecified atom stereocenters. The zero-order valence-electron chi connectivity index (χ0n) is 11.1. The molecule has 2 atom stereocenters. The van der Waals surface area contributed by atoms with Gasteiger partial charge in [-0.15, -0.1) is 11.3 Å². The first kappa shape index (κ1) is 15.4. The summed E-state index contributed by atoms with van der Waals surface area (Å²) < 4.78 is 28.0. The lowest BCUT2D eigenvalue weighted by molar-refractivity contribution is 0.227. The second-order valence-electron chi connectivity index (χ2n) is 5.01. The lowest BCUT2D eigenvalue weighted by Gasteiger charge is -2.36. The first-order valence-electron chi connectivity index (χ1n) is 6.37. The summed E-state index contributed by atoms with van der Waals surface area (Å²) in [5, 5.41) is 0. The van der Waals surface area contributed by atoms with E-state index in [1.165, 1.54) is 11.3 Å². The number of aryl methyl sites for hydroxylation is 1. The summed E-state index contributed by atoms with van der Waals surface area (Å²) in [6, 6.07) is 1.47. The molecule has 0 aromatic carbocycles. The van der Waals surface area contributed by atoms with Crippen LogP contribution in [0.4, 0.5) is 0 Å². The second kappa shape index (κ2) is 5.81. The topological polar surface area (TPSA) is 63.4 Å². The lowest BCUT2D eigenvalue weighted by atomic mass is 10.00. The van der Waals surface area contributed by atoms with Crippen molar-refractivity contribution in [1.29, 1.82) is 0 Å². The molecule has 1 aliphatic rings. The first-order valence-corrected chi connectivity index (χ1v) is 9.42. The molecule has 0 saturated carbocycles. The Morgan fingerprint density at radius 3 is 2.74 bits per heavy atom. The van der Waals surface area contributed by atoms with Crippen molar-refractivity contribution in [2.24, 2.45) is 5.73 Å². The number of halogens is 1. The first-order chi connectivity index (χ1) is 8.84. The molecule has 1 saturated heterocycles. The van der Waals surface area contributed by atoms with Crippen molar-refractivity contribution in [3.05, 3.63) is 14.7 Å². The van der Waals surface area contributed by atoms with Gasteiger partial charge in [-0.3, -0.25) is 0 Å². The summed E-state index contributed by atoms with van der Waals surface area (Å²) in [5.41, 5.74) is 5.96. The van der Waals surface area contributed by atoms with Crippen LogP contribution in [0.1, 0.15) is 31.1 Å². The van der Waals surface area contributed by atoms with Gasteiger partial charge < -0.3 is 5.73 Å². The zero-order chi connectivity index (χ0) is 14.2. The van der Waals surface area contributed by atoms with Crippen molar-refractivity contribution in [2.45, 2.75) is 50.1 Å². The van der Waals surface area contributed by atoms with E-state index >= 15 is 0 Å². The van der Waals surface area contributed by atoms with E-state index in [1.807, 2.05) is 13.8 Å². The standard InChI is InChI=1S/C12H19BrN2O2S2/c1-8(14)10-5-3-4-6-15(10)19(16,17)11-7-12(13)18-9(11)2/h7-8,10H,3-6,14H2,1-2H3. The smallest absolute Gasteiger partial charge is 0.244 e. The molecule has 1 aromatic rings. The molecule has 0 amide bonds. The van der Waals surface area contributed by atoms with Crippen LogP contribution < -0.4 is 5.73 Å². The molecule has 7 heteroatoms. The van der Waals surface area contributed by atoms with Gasteiger partial charge in [-0.2, -0.15) is 4.31 Å². The molecule has 1 fully saturated rings. The Kier molecular flexibility index (Phi) is 4.72. The van der Waals surface area contributed by atoms with Crippen LogP contribution in [0.5, 0.6) is 0 Å². The van der Waals surface area contributed by atoms with Crippen LogP contribution in [0.25, 0.3) is 0 Å². The minimum atomic E-state index is -3.43. The molecule has 0 bridgehead atoms. The van der Waals surface area contributed by atoms with Gasteiger partial charge in [0.25, 0.3) is 0 Å². The number of rotatable bonds is 3. The van der Waals surface area contributed by atoms with Crippen LogP contribution in [-0.2, 0) is 10.0 Å². The Labute approximate surface area is 127 Å². The van der Waals surface area contributed by atoms with Gasteiger partial charge in [0.05, 0.1) is 8.68 Å². The molecule has 0 aliphatic carbocycles. The van der Waals surface area contributed by atoms with Gasteiger partial charge in [0.2, 0.25) is 10.0 Å². The van der Waals surface area contributed by atoms with Crippen LogP contribution in [0, 0.1) is 6.92 Å². The van der Waals surface area contributed by atoms with Crippen LogP contribution >= 0.6 is 27.3 Å². The van der Waals surface area contributed by atoms with Crippen LogP contribution in [-0.4, -0.2) is 31.4 Å². The molecule has 0 radical (unpaired) electrons. The number of piperidine rings is 1. The maximum Gasteiger partial charge on any atom is 0.244 e. The van der Waals surface area contributed by atoms with Crippen molar-refractivity contribution in [3.8, 4) is 0 Å². The third-order valence-electron chi connectivity index (χ3n) is 3.53. The van der Waals surface area contributed by atoms with Gasteiger partial charge >= 0.3 is 0 Å². The maximum atomic E-state index is 12.8. The Balaban J connectivity index is 2.40. The van der Waals surface area contributed by atoms with Gasteiger partial charge in [0.15, 0.2) is 0 Å². The summed E-state index contributed by atoms with van der Waals surface area (Å²) in [6.07, 6.45) is 2.80. The Hall–Kier alpha value is 0.0500. The number of hydrogen-bond acceptors (Lipinski definition) is 4. The molecule has 1 aliphatic heterocycles. The van der Waals surface area contributed by atoms with Crippen LogP contribution in [0.3, 0.4) is 0 Å². The highest BCUT2D eigenvalue weighted by atomic mass is 79.9. The highest BCUT2D eigenvalue weighted by Crippen LogP contribution is 2.34. The SMILES string of the molecule is Cc1sc(Br)cc1S(=O)(=O)N1CCCCC1C(C)N. The lowest BCUT2D eigenvalue weighted by Crippen LogP contribution is -2.51. The van der Waals surface area contributed by atoms with E-state index in [1.54, 1.807) is 10.4 Å². The zero-order valence-corrected chi connectivity index (χ0v) is 14.3. The van der Waals surface area contributed by atoms with E-state index in [0.29, 0.717) is 11.4 Å². The average molecular weight is 367 g/mol. The van der Waals surface area contributed by atoms with E-state index in [-0.39, 0.29) is 12.1 Å². The Bertz CT molecular complexity index is 554. The summed E-state index contributed by atoms with van der Waals surface area (Å²) in [7, 11) is -3.43. The molecule has 2 N–H and O–H groups in total. The Morgan fingerprint density at radius 2 is 2.21 bits per heavy atom. The van der Waals surface area contributed by atoms with Crippen molar-refractivity contribution in [3.63, 3.8) is 0 Å². The van der Waals surface area contributed by atoms with E-state index in [2.05, 4.69) is 15.9 Å². The molecule has 1 aromatic heterocycles. The summed E-state index contributed by atoms with van der Waals surface area (Å²) in [6.45, 7) is 4.30. The quantitative estimate of drug-likeness (QED) is 0.894. The van der Waals surface area contributed by atoms with Gasteiger partial charge in [0.1, 0.15) is 0 Å². The van der Waals surface area contributed by atoms with E-state index in [4.69, 9.17) is 5.73 Å². The molecule has 2 heterocycles. The fourth-order valence-electron chi connectivity index (χ4n) is 2.57. The predicted octanol–water partition coefficient (Wildman–Crippen LogP) is 2.71. The fraction of sp³-hybridized carbons (Fsp3) is 0.667. The van der Waals surface area contributed by atoms with E-state index < -0.39 is 10.0 Å². The highest BCUT2D eigenvalue weighted by Gasteiger charge is 2.36. The molecule has 108 valence electrons. The van der Waals surface area contributed by atoms with Crippen molar-refractivity contribution in [2.75, 3.05) is 6.54 Å². The van der Waals surface area contributed by atoms with Crippen molar-refractivity contribution >= 4 is 37.3 Å². The molecular weight excluding hydrogens is 348 g/mol. The third-order valence-corrected chi connectivity index (χ3v) is 7.27. The second-order valence-corrected chi connectivity index (χ2v) is 9.50. The van der Waals surface area contributed by atoms with Crippen molar-refractivity contribution < 1.29 is 8.42 Å². The normalized spacial score (nSPS) is 23.5. The molecular formula is C12H19BrN2O2S2. The van der Waals surface area contributed by atoms with Crippen molar-refractivity contribution in [1.82, 2.24) is 4.31 Å². The molecule has 2 rings (SSSR count). The largest absolute Gasteiger partial charge is 0.326 e. The summed E-state index contributed by atoms with van der Waals surface area (Å²) in [4.78, 5) is 1.23. The number of nitrogens with two attached hydrogens (primary N) is 1. The monoisotopic (exact) mass is 366 g/mol. The summed E-state index contributed by atoms with van der Waals surface area (Å²) in [5.74, 6) is 0. The average Bonchev–Trinajstić information content (AvgIpc) is 2.69. The number of hydrogen-bond donors (Lipinski definition) is 1. The minimum Gasteiger partial charge on any atom is -0.326 e. The van der Waals surface area contributed by atoms with Crippen LogP contribution in [0.2, 0.25) is 0 Å². The van der Waals surface area contributed by atoms with E-state index in [9.17, 15) is 8.42 Å². The molecule has 4 nitrogen and oxygen atoms in total. The molecule has 0 spiro atoms. The minimum absolute atomic E-state index is 0.0863. The number of nitrogens with zero attached hydrogens (tertiary/aromatic N) is 1. The van der Waals surface area contributed by atoms with Gasteiger partial charge in [-0.1, -0.05) is 6.42 Å².